The monoisotopic (exact) mass is 381 g/mol. The number of rotatable bonds is 4. The molecule has 1 spiro atoms. The maximum absolute atomic E-state index is 13.0. The second kappa shape index (κ2) is 7.89. The summed E-state index contributed by atoms with van der Waals surface area (Å²) in [6.07, 6.45) is 4.06. The Hall–Kier alpha value is -2.44. The van der Waals surface area contributed by atoms with Gasteiger partial charge < -0.3 is 19.7 Å². The SMILES string of the molecule is CCc1cccc(C)c1Nc1cc(C(=O)N2CCC3(CC2)OCCO3)ccn1. The third kappa shape index (κ3) is 3.75. The molecular weight excluding hydrogens is 354 g/mol. The highest BCUT2D eigenvalue weighted by molar-refractivity contribution is 5.95. The number of anilines is 2. The fraction of sp³-hybridized carbons (Fsp3) is 0.455. The maximum atomic E-state index is 13.0. The molecule has 1 aromatic carbocycles. The third-order valence-corrected chi connectivity index (χ3v) is 5.63. The molecule has 0 saturated carbocycles. The van der Waals surface area contributed by atoms with Crippen LogP contribution in [-0.4, -0.2) is 47.9 Å². The van der Waals surface area contributed by atoms with Gasteiger partial charge in [0.1, 0.15) is 5.82 Å². The molecule has 148 valence electrons. The van der Waals surface area contributed by atoms with Crippen molar-refractivity contribution in [3.8, 4) is 0 Å². The molecule has 2 aliphatic rings. The average molecular weight is 381 g/mol. The summed E-state index contributed by atoms with van der Waals surface area (Å²) in [5.41, 5.74) is 4.11. The van der Waals surface area contributed by atoms with Gasteiger partial charge in [-0.05, 0) is 36.6 Å². The van der Waals surface area contributed by atoms with Crippen LogP contribution in [0.4, 0.5) is 11.5 Å². The molecule has 0 bridgehead atoms. The van der Waals surface area contributed by atoms with E-state index >= 15 is 0 Å². The number of para-hydroxylation sites is 1. The van der Waals surface area contributed by atoms with E-state index in [9.17, 15) is 4.79 Å². The minimum absolute atomic E-state index is 0.0267. The van der Waals surface area contributed by atoms with Gasteiger partial charge in [0.2, 0.25) is 0 Å². The van der Waals surface area contributed by atoms with E-state index in [4.69, 9.17) is 9.47 Å². The van der Waals surface area contributed by atoms with Crippen molar-refractivity contribution >= 4 is 17.4 Å². The number of aryl methyl sites for hydroxylation is 2. The molecule has 0 radical (unpaired) electrons. The molecule has 6 nitrogen and oxygen atoms in total. The molecule has 1 amide bonds. The van der Waals surface area contributed by atoms with Crippen LogP contribution in [0.3, 0.4) is 0 Å². The second-order valence-electron chi connectivity index (χ2n) is 7.42. The molecule has 0 atom stereocenters. The van der Waals surface area contributed by atoms with Crippen molar-refractivity contribution in [1.82, 2.24) is 9.88 Å². The normalized spacial score (nSPS) is 18.4. The summed E-state index contributed by atoms with van der Waals surface area (Å²) in [4.78, 5) is 19.3. The molecule has 2 aliphatic heterocycles. The average Bonchev–Trinajstić information content (AvgIpc) is 3.18. The van der Waals surface area contributed by atoms with E-state index < -0.39 is 5.79 Å². The van der Waals surface area contributed by atoms with Crippen molar-refractivity contribution in [2.45, 2.75) is 38.9 Å². The van der Waals surface area contributed by atoms with Crippen molar-refractivity contribution in [2.24, 2.45) is 0 Å². The van der Waals surface area contributed by atoms with E-state index in [2.05, 4.69) is 42.3 Å². The number of hydrogen-bond acceptors (Lipinski definition) is 5. The number of hydrogen-bond donors (Lipinski definition) is 1. The standard InChI is InChI=1S/C22H27N3O3/c1-3-17-6-4-5-16(2)20(17)24-19-15-18(7-10-23-19)21(26)25-11-8-22(9-12-25)27-13-14-28-22/h4-7,10,15H,3,8-9,11-14H2,1-2H3,(H,23,24). The molecule has 2 fully saturated rings. The summed E-state index contributed by atoms with van der Waals surface area (Å²) in [5, 5.41) is 3.41. The van der Waals surface area contributed by atoms with Gasteiger partial charge in [0, 0.05) is 43.4 Å². The third-order valence-electron chi connectivity index (χ3n) is 5.63. The van der Waals surface area contributed by atoms with Crippen LogP contribution in [-0.2, 0) is 15.9 Å². The molecule has 0 aliphatic carbocycles. The Labute approximate surface area is 165 Å². The van der Waals surface area contributed by atoms with Gasteiger partial charge in [0.15, 0.2) is 5.79 Å². The number of benzene rings is 1. The van der Waals surface area contributed by atoms with Crippen molar-refractivity contribution in [3.63, 3.8) is 0 Å². The fourth-order valence-electron chi connectivity index (χ4n) is 3.98. The highest BCUT2D eigenvalue weighted by Gasteiger charge is 2.40. The predicted molar refractivity (Wildman–Crippen MR) is 108 cm³/mol. The number of carbonyl (C=O) groups is 1. The second-order valence-corrected chi connectivity index (χ2v) is 7.42. The van der Waals surface area contributed by atoms with Crippen LogP contribution in [0.15, 0.2) is 36.5 Å². The summed E-state index contributed by atoms with van der Waals surface area (Å²) in [7, 11) is 0. The van der Waals surface area contributed by atoms with Crippen molar-refractivity contribution in [3.05, 3.63) is 53.2 Å². The van der Waals surface area contributed by atoms with E-state index in [0.717, 1.165) is 30.5 Å². The zero-order valence-electron chi connectivity index (χ0n) is 16.5. The van der Waals surface area contributed by atoms with E-state index in [-0.39, 0.29) is 5.91 Å². The number of pyridine rings is 1. The number of nitrogens with one attached hydrogen (secondary N) is 1. The Balaban J connectivity index is 1.47. The van der Waals surface area contributed by atoms with E-state index in [0.29, 0.717) is 37.7 Å². The lowest BCUT2D eigenvalue weighted by atomic mass is 10.0. The Morgan fingerprint density at radius 2 is 1.96 bits per heavy atom. The van der Waals surface area contributed by atoms with Crippen LogP contribution in [0.25, 0.3) is 0 Å². The van der Waals surface area contributed by atoms with Gasteiger partial charge in [-0.15, -0.1) is 0 Å². The molecule has 1 N–H and O–H groups in total. The Morgan fingerprint density at radius 3 is 2.68 bits per heavy atom. The molecule has 2 aromatic rings. The quantitative estimate of drug-likeness (QED) is 0.875. The van der Waals surface area contributed by atoms with Gasteiger partial charge in [-0.2, -0.15) is 0 Å². The highest BCUT2D eigenvalue weighted by Crippen LogP contribution is 2.32. The Morgan fingerprint density at radius 1 is 1.21 bits per heavy atom. The zero-order valence-corrected chi connectivity index (χ0v) is 16.5. The maximum Gasteiger partial charge on any atom is 0.254 e. The smallest absolute Gasteiger partial charge is 0.254 e. The van der Waals surface area contributed by atoms with E-state index in [1.165, 1.54) is 5.56 Å². The topological polar surface area (TPSA) is 63.7 Å². The lowest BCUT2D eigenvalue weighted by Gasteiger charge is -2.37. The number of aromatic nitrogens is 1. The first kappa shape index (κ1) is 18.9. The van der Waals surface area contributed by atoms with Crippen molar-refractivity contribution in [1.29, 1.82) is 0 Å². The van der Waals surface area contributed by atoms with Gasteiger partial charge in [-0.25, -0.2) is 4.98 Å². The van der Waals surface area contributed by atoms with Gasteiger partial charge in [-0.1, -0.05) is 25.1 Å². The molecule has 2 saturated heterocycles. The minimum Gasteiger partial charge on any atom is -0.347 e. The largest absolute Gasteiger partial charge is 0.347 e. The van der Waals surface area contributed by atoms with Crippen LogP contribution in [0.5, 0.6) is 0 Å². The Bertz CT molecular complexity index is 852. The predicted octanol–water partition coefficient (Wildman–Crippen LogP) is 3.68. The number of amides is 1. The van der Waals surface area contributed by atoms with Crippen molar-refractivity contribution in [2.75, 3.05) is 31.6 Å². The molecule has 4 rings (SSSR count). The molecular formula is C22H27N3O3. The Kier molecular flexibility index (Phi) is 5.33. The lowest BCUT2D eigenvalue weighted by Crippen LogP contribution is -2.47. The van der Waals surface area contributed by atoms with Gasteiger partial charge in [0.25, 0.3) is 5.91 Å². The highest BCUT2D eigenvalue weighted by atomic mass is 16.7. The van der Waals surface area contributed by atoms with Crippen LogP contribution in [0.1, 0.15) is 41.3 Å². The summed E-state index contributed by atoms with van der Waals surface area (Å²) in [6, 6.07) is 9.86. The first-order chi connectivity index (χ1) is 13.6. The van der Waals surface area contributed by atoms with Crippen molar-refractivity contribution < 1.29 is 14.3 Å². The number of ether oxygens (including phenoxy) is 2. The van der Waals surface area contributed by atoms with E-state index in [1.54, 1.807) is 12.3 Å². The summed E-state index contributed by atoms with van der Waals surface area (Å²) in [5.74, 6) is 0.243. The number of nitrogens with zero attached hydrogens (tertiary/aromatic N) is 2. The minimum atomic E-state index is -0.469. The molecule has 28 heavy (non-hydrogen) atoms. The first-order valence-electron chi connectivity index (χ1n) is 9.99. The summed E-state index contributed by atoms with van der Waals surface area (Å²) >= 11 is 0. The molecule has 1 aromatic heterocycles. The lowest BCUT2D eigenvalue weighted by molar-refractivity contribution is -0.181. The molecule has 0 unspecified atom stereocenters. The first-order valence-corrected chi connectivity index (χ1v) is 9.99. The van der Waals surface area contributed by atoms with Crippen LogP contribution < -0.4 is 5.32 Å². The summed E-state index contributed by atoms with van der Waals surface area (Å²) < 4.78 is 11.5. The van der Waals surface area contributed by atoms with E-state index in [1.807, 2.05) is 11.0 Å². The van der Waals surface area contributed by atoms with Crippen LogP contribution >= 0.6 is 0 Å². The zero-order chi connectivity index (χ0) is 19.6. The van der Waals surface area contributed by atoms with Gasteiger partial charge in [0.05, 0.1) is 13.2 Å². The van der Waals surface area contributed by atoms with Gasteiger partial charge in [-0.3, -0.25) is 4.79 Å². The fourth-order valence-corrected chi connectivity index (χ4v) is 3.98. The summed E-state index contributed by atoms with van der Waals surface area (Å²) in [6.45, 7) is 6.78. The number of carbonyl (C=O) groups excluding carboxylic acids is 1. The molecule has 3 heterocycles. The number of likely N-dealkylation sites (tertiary alicyclic amines) is 1. The van der Waals surface area contributed by atoms with Crippen LogP contribution in [0.2, 0.25) is 0 Å². The van der Waals surface area contributed by atoms with Gasteiger partial charge >= 0.3 is 0 Å². The number of piperidine rings is 1. The van der Waals surface area contributed by atoms with Crippen LogP contribution in [0, 0.1) is 6.92 Å². The molecule has 6 heteroatoms.